The van der Waals surface area contributed by atoms with Crippen LogP contribution in [0.1, 0.15) is 11.1 Å². The first-order valence-corrected chi connectivity index (χ1v) is 8.44. The van der Waals surface area contributed by atoms with Crippen molar-refractivity contribution >= 4 is 35.2 Å². The first-order chi connectivity index (χ1) is 12.5. The topological polar surface area (TPSA) is 56.8 Å². The van der Waals surface area contributed by atoms with Crippen LogP contribution in [0.4, 0.5) is 0 Å². The van der Waals surface area contributed by atoms with Crippen molar-refractivity contribution in [3.05, 3.63) is 57.6 Å². The molecule has 2 aromatic rings. The maximum Gasteiger partial charge on any atom is 0.244 e. The Kier molecular flexibility index (Phi) is 7.18. The first kappa shape index (κ1) is 19.9. The summed E-state index contributed by atoms with van der Waals surface area (Å²) in [5.41, 5.74) is 1.37. The molecule has 0 aliphatic rings. The standard InChI is InChI=1S/C19H19Cl2NO4/c1-24-13-9-16(25-2)14(17(10-13)26-3)11-22-18(23)8-7-12-5-4-6-15(20)19(12)21/h4-10H,11H2,1-3H3,(H,22,23)/b8-7+. The van der Waals surface area contributed by atoms with Crippen molar-refractivity contribution in [2.75, 3.05) is 21.3 Å². The minimum Gasteiger partial charge on any atom is -0.496 e. The van der Waals surface area contributed by atoms with Gasteiger partial charge in [-0.3, -0.25) is 4.79 Å². The Balaban J connectivity index is 2.12. The zero-order valence-corrected chi connectivity index (χ0v) is 16.1. The van der Waals surface area contributed by atoms with Gasteiger partial charge in [0, 0.05) is 18.2 Å². The molecule has 0 heterocycles. The lowest BCUT2D eigenvalue weighted by atomic mass is 10.1. The van der Waals surface area contributed by atoms with Crippen molar-refractivity contribution in [2.45, 2.75) is 6.54 Å². The Morgan fingerprint density at radius 3 is 2.31 bits per heavy atom. The van der Waals surface area contributed by atoms with Crippen LogP contribution in [0.25, 0.3) is 6.08 Å². The van der Waals surface area contributed by atoms with E-state index in [9.17, 15) is 4.79 Å². The van der Waals surface area contributed by atoms with Crippen molar-refractivity contribution in [3.63, 3.8) is 0 Å². The van der Waals surface area contributed by atoms with E-state index < -0.39 is 0 Å². The molecule has 0 spiro atoms. The highest BCUT2D eigenvalue weighted by molar-refractivity contribution is 6.42. The minimum absolute atomic E-state index is 0.225. The fourth-order valence-corrected chi connectivity index (χ4v) is 2.67. The van der Waals surface area contributed by atoms with Crippen molar-refractivity contribution in [3.8, 4) is 17.2 Å². The molecule has 0 fully saturated rings. The molecule has 7 heteroatoms. The molecule has 0 saturated heterocycles. The second-order valence-electron chi connectivity index (χ2n) is 5.20. The van der Waals surface area contributed by atoms with Gasteiger partial charge in [0.1, 0.15) is 17.2 Å². The smallest absolute Gasteiger partial charge is 0.244 e. The number of amides is 1. The molecule has 0 unspecified atom stereocenters. The predicted octanol–water partition coefficient (Wildman–Crippen LogP) is 4.35. The third-order valence-corrected chi connectivity index (χ3v) is 4.49. The second-order valence-corrected chi connectivity index (χ2v) is 5.99. The molecule has 26 heavy (non-hydrogen) atoms. The normalized spacial score (nSPS) is 10.7. The van der Waals surface area contributed by atoms with E-state index in [2.05, 4.69) is 5.32 Å². The van der Waals surface area contributed by atoms with Gasteiger partial charge >= 0.3 is 0 Å². The fourth-order valence-electron chi connectivity index (χ4n) is 2.30. The lowest BCUT2D eigenvalue weighted by Crippen LogP contribution is -2.21. The Morgan fingerprint density at radius 2 is 1.73 bits per heavy atom. The molecule has 2 aromatic carbocycles. The molecule has 0 radical (unpaired) electrons. The summed E-state index contributed by atoms with van der Waals surface area (Å²) < 4.78 is 15.9. The van der Waals surface area contributed by atoms with Gasteiger partial charge in [0.25, 0.3) is 0 Å². The van der Waals surface area contributed by atoms with Gasteiger partial charge in [0.2, 0.25) is 5.91 Å². The van der Waals surface area contributed by atoms with Crippen LogP contribution in [0.2, 0.25) is 10.0 Å². The Labute approximate surface area is 162 Å². The second kappa shape index (κ2) is 9.36. The molecule has 1 amide bonds. The van der Waals surface area contributed by atoms with Gasteiger partial charge in [-0.05, 0) is 17.7 Å². The molecule has 138 valence electrons. The maximum atomic E-state index is 12.1. The number of hydrogen-bond donors (Lipinski definition) is 1. The number of ether oxygens (including phenoxy) is 3. The van der Waals surface area contributed by atoms with Crippen LogP contribution >= 0.6 is 23.2 Å². The summed E-state index contributed by atoms with van der Waals surface area (Å²) in [6.45, 7) is 0.225. The molecule has 2 rings (SSSR count). The summed E-state index contributed by atoms with van der Waals surface area (Å²) in [6, 6.07) is 8.67. The quantitative estimate of drug-likeness (QED) is 0.708. The average molecular weight is 396 g/mol. The van der Waals surface area contributed by atoms with Gasteiger partial charge < -0.3 is 19.5 Å². The van der Waals surface area contributed by atoms with Crippen LogP contribution in [-0.2, 0) is 11.3 Å². The number of carbonyl (C=O) groups is 1. The van der Waals surface area contributed by atoms with E-state index in [0.717, 1.165) is 0 Å². The Morgan fingerprint density at radius 1 is 1.08 bits per heavy atom. The molecule has 0 atom stereocenters. The van der Waals surface area contributed by atoms with Gasteiger partial charge in [0.05, 0.1) is 43.5 Å². The van der Waals surface area contributed by atoms with Crippen LogP contribution < -0.4 is 19.5 Å². The van der Waals surface area contributed by atoms with E-state index in [-0.39, 0.29) is 12.5 Å². The number of hydrogen-bond acceptors (Lipinski definition) is 4. The molecule has 1 N–H and O–H groups in total. The number of methoxy groups -OCH3 is 3. The molecular formula is C19H19Cl2NO4. The zero-order valence-electron chi connectivity index (χ0n) is 14.6. The van der Waals surface area contributed by atoms with Crippen molar-refractivity contribution in [1.29, 1.82) is 0 Å². The highest BCUT2D eigenvalue weighted by atomic mass is 35.5. The lowest BCUT2D eigenvalue weighted by Gasteiger charge is -2.15. The average Bonchev–Trinajstić information content (AvgIpc) is 2.66. The Bertz CT molecular complexity index is 796. The number of rotatable bonds is 7. The third-order valence-electron chi connectivity index (χ3n) is 3.65. The highest BCUT2D eigenvalue weighted by Crippen LogP contribution is 2.33. The van der Waals surface area contributed by atoms with Crippen molar-refractivity contribution < 1.29 is 19.0 Å². The van der Waals surface area contributed by atoms with E-state index in [4.69, 9.17) is 37.4 Å². The number of nitrogens with one attached hydrogen (secondary N) is 1. The van der Waals surface area contributed by atoms with Crippen LogP contribution in [0.15, 0.2) is 36.4 Å². The molecular weight excluding hydrogens is 377 g/mol. The van der Waals surface area contributed by atoms with Crippen LogP contribution in [0, 0.1) is 0 Å². The SMILES string of the molecule is COc1cc(OC)c(CNC(=O)/C=C/c2cccc(Cl)c2Cl)c(OC)c1. The van der Waals surface area contributed by atoms with Gasteiger partial charge in [-0.25, -0.2) is 0 Å². The van der Waals surface area contributed by atoms with E-state index in [1.54, 1.807) is 57.7 Å². The van der Waals surface area contributed by atoms with E-state index in [1.807, 2.05) is 0 Å². The maximum absolute atomic E-state index is 12.1. The Hall–Kier alpha value is -2.37. The van der Waals surface area contributed by atoms with E-state index in [1.165, 1.54) is 6.08 Å². The molecule has 0 aliphatic carbocycles. The monoisotopic (exact) mass is 395 g/mol. The van der Waals surface area contributed by atoms with Gasteiger partial charge in [0.15, 0.2) is 0 Å². The van der Waals surface area contributed by atoms with Crippen LogP contribution in [-0.4, -0.2) is 27.2 Å². The van der Waals surface area contributed by atoms with Crippen LogP contribution in [0.3, 0.4) is 0 Å². The van der Waals surface area contributed by atoms with Crippen LogP contribution in [0.5, 0.6) is 17.2 Å². The molecule has 0 aliphatic heterocycles. The summed E-state index contributed by atoms with van der Waals surface area (Å²) in [5, 5.41) is 3.62. The summed E-state index contributed by atoms with van der Waals surface area (Å²) in [7, 11) is 4.64. The fraction of sp³-hybridized carbons (Fsp3) is 0.211. The third kappa shape index (κ3) is 4.84. The summed E-state index contributed by atoms with van der Waals surface area (Å²) >= 11 is 12.1. The predicted molar refractivity (Wildman–Crippen MR) is 103 cm³/mol. The highest BCUT2D eigenvalue weighted by Gasteiger charge is 2.13. The molecule has 0 bridgehead atoms. The number of carbonyl (C=O) groups excluding carboxylic acids is 1. The van der Waals surface area contributed by atoms with Gasteiger partial charge in [-0.15, -0.1) is 0 Å². The molecule has 5 nitrogen and oxygen atoms in total. The largest absolute Gasteiger partial charge is 0.496 e. The first-order valence-electron chi connectivity index (χ1n) is 7.69. The van der Waals surface area contributed by atoms with Crippen molar-refractivity contribution in [1.82, 2.24) is 5.32 Å². The summed E-state index contributed by atoms with van der Waals surface area (Å²) in [6.07, 6.45) is 2.99. The number of halogens is 2. The van der Waals surface area contributed by atoms with Gasteiger partial charge in [-0.2, -0.15) is 0 Å². The molecule has 0 saturated carbocycles. The summed E-state index contributed by atoms with van der Waals surface area (Å²) in [4.78, 5) is 12.1. The van der Waals surface area contributed by atoms with Crippen molar-refractivity contribution in [2.24, 2.45) is 0 Å². The van der Waals surface area contributed by atoms with Gasteiger partial charge in [-0.1, -0.05) is 35.3 Å². The summed E-state index contributed by atoms with van der Waals surface area (Å²) in [5.74, 6) is 1.43. The number of benzene rings is 2. The minimum atomic E-state index is -0.291. The van der Waals surface area contributed by atoms with E-state index >= 15 is 0 Å². The van der Waals surface area contributed by atoms with E-state index in [0.29, 0.717) is 38.4 Å². The molecule has 0 aromatic heterocycles. The lowest BCUT2D eigenvalue weighted by molar-refractivity contribution is -0.116. The zero-order chi connectivity index (χ0) is 19.1.